The van der Waals surface area contributed by atoms with Crippen LogP contribution in [0.25, 0.3) is 0 Å². The number of rotatable bonds is 3. The zero-order valence-electron chi connectivity index (χ0n) is 10.6. The SMILES string of the molecule is CC1CCC(Nc2cnn(C(C)C)c2)CC1. The van der Waals surface area contributed by atoms with Crippen molar-refractivity contribution >= 4 is 5.69 Å². The molecule has 0 amide bonds. The summed E-state index contributed by atoms with van der Waals surface area (Å²) in [6, 6.07) is 1.10. The average molecular weight is 221 g/mol. The summed E-state index contributed by atoms with van der Waals surface area (Å²) in [6.45, 7) is 6.66. The summed E-state index contributed by atoms with van der Waals surface area (Å²) >= 11 is 0. The molecule has 1 heterocycles. The van der Waals surface area contributed by atoms with Crippen molar-refractivity contribution in [1.29, 1.82) is 0 Å². The van der Waals surface area contributed by atoms with Gasteiger partial charge < -0.3 is 5.32 Å². The van der Waals surface area contributed by atoms with Crippen LogP contribution in [0.1, 0.15) is 52.5 Å². The van der Waals surface area contributed by atoms with Crippen LogP contribution in [0.5, 0.6) is 0 Å². The number of hydrogen-bond donors (Lipinski definition) is 1. The molecular formula is C13H23N3. The van der Waals surface area contributed by atoms with Gasteiger partial charge in [0, 0.05) is 18.3 Å². The van der Waals surface area contributed by atoms with Gasteiger partial charge in [-0.3, -0.25) is 4.68 Å². The van der Waals surface area contributed by atoms with E-state index in [0.717, 1.165) is 5.92 Å². The smallest absolute Gasteiger partial charge is 0.0728 e. The minimum Gasteiger partial charge on any atom is -0.380 e. The highest BCUT2D eigenvalue weighted by molar-refractivity contribution is 5.39. The molecule has 0 atom stereocenters. The van der Waals surface area contributed by atoms with E-state index in [1.165, 1.54) is 31.4 Å². The minimum atomic E-state index is 0.446. The van der Waals surface area contributed by atoms with Gasteiger partial charge in [0.15, 0.2) is 0 Å². The van der Waals surface area contributed by atoms with Crippen molar-refractivity contribution in [3.8, 4) is 0 Å². The summed E-state index contributed by atoms with van der Waals surface area (Å²) in [7, 11) is 0. The molecule has 2 rings (SSSR count). The molecule has 3 nitrogen and oxygen atoms in total. The normalized spacial score (nSPS) is 26.0. The lowest BCUT2D eigenvalue weighted by molar-refractivity contribution is 0.361. The van der Waals surface area contributed by atoms with E-state index < -0.39 is 0 Å². The largest absolute Gasteiger partial charge is 0.380 e. The summed E-state index contributed by atoms with van der Waals surface area (Å²) in [6.07, 6.45) is 9.37. The quantitative estimate of drug-likeness (QED) is 0.847. The molecule has 1 aliphatic carbocycles. The molecule has 1 saturated carbocycles. The van der Waals surface area contributed by atoms with Crippen LogP contribution in [0.15, 0.2) is 12.4 Å². The Bertz CT molecular complexity index is 322. The Morgan fingerprint density at radius 2 is 2.00 bits per heavy atom. The van der Waals surface area contributed by atoms with E-state index in [0.29, 0.717) is 12.1 Å². The minimum absolute atomic E-state index is 0.446. The van der Waals surface area contributed by atoms with Gasteiger partial charge in [0.2, 0.25) is 0 Å². The molecule has 90 valence electrons. The zero-order chi connectivity index (χ0) is 11.5. The van der Waals surface area contributed by atoms with Crippen LogP contribution in [-0.2, 0) is 0 Å². The van der Waals surface area contributed by atoms with Crippen LogP contribution >= 0.6 is 0 Å². The number of anilines is 1. The van der Waals surface area contributed by atoms with Crippen LogP contribution in [0, 0.1) is 5.92 Å². The van der Waals surface area contributed by atoms with E-state index in [2.05, 4.69) is 37.4 Å². The molecule has 0 saturated heterocycles. The van der Waals surface area contributed by atoms with Crippen molar-refractivity contribution in [3.63, 3.8) is 0 Å². The first-order valence-electron chi connectivity index (χ1n) is 6.46. The lowest BCUT2D eigenvalue weighted by Crippen LogP contribution is -2.24. The Morgan fingerprint density at radius 3 is 2.56 bits per heavy atom. The second-order valence-corrected chi connectivity index (χ2v) is 5.40. The van der Waals surface area contributed by atoms with Crippen LogP contribution in [0.2, 0.25) is 0 Å². The fourth-order valence-electron chi connectivity index (χ4n) is 2.34. The molecule has 3 heteroatoms. The van der Waals surface area contributed by atoms with Gasteiger partial charge in [-0.15, -0.1) is 0 Å². The third kappa shape index (κ3) is 2.77. The number of hydrogen-bond acceptors (Lipinski definition) is 2. The maximum atomic E-state index is 4.35. The Balaban J connectivity index is 1.88. The van der Waals surface area contributed by atoms with E-state index in [4.69, 9.17) is 0 Å². The summed E-state index contributed by atoms with van der Waals surface area (Å²) < 4.78 is 2.01. The van der Waals surface area contributed by atoms with Crippen molar-refractivity contribution in [1.82, 2.24) is 9.78 Å². The number of nitrogens with zero attached hydrogens (tertiary/aromatic N) is 2. The van der Waals surface area contributed by atoms with Crippen molar-refractivity contribution in [2.75, 3.05) is 5.32 Å². The second kappa shape index (κ2) is 4.89. The van der Waals surface area contributed by atoms with E-state index in [1.807, 2.05) is 10.9 Å². The van der Waals surface area contributed by atoms with E-state index in [9.17, 15) is 0 Å². The lowest BCUT2D eigenvalue weighted by atomic mass is 9.87. The van der Waals surface area contributed by atoms with Crippen LogP contribution in [0.4, 0.5) is 5.69 Å². The second-order valence-electron chi connectivity index (χ2n) is 5.40. The van der Waals surface area contributed by atoms with Gasteiger partial charge in [-0.05, 0) is 45.4 Å². The van der Waals surface area contributed by atoms with Gasteiger partial charge in [-0.1, -0.05) is 6.92 Å². The standard InChI is InChI=1S/C13H23N3/c1-10(2)16-9-13(8-14-16)15-12-6-4-11(3)5-7-12/h8-12,15H,4-7H2,1-3H3. The van der Waals surface area contributed by atoms with E-state index >= 15 is 0 Å². The third-order valence-electron chi connectivity index (χ3n) is 3.52. The first kappa shape index (κ1) is 11.5. The molecule has 1 aromatic rings. The van der Waals surface area contributed by atoms with Gasteiger partial charge in [-0.25, -0.2) is 0 Å². The highest BCUT2D eigenvalue weighted by atomic mass is 15.3. The summed E-state index contributed by atoms with van der Waals surface area (Å²) in [5, 5.41) is 7.94. The van der Waals surface area contributed by atoms with Gasteiger partial charge in [0.25, 0.3) is 0 Å². The Hall–Kier alpha value is -0.990. The number of aromatic nitrogens is 2. The summed E-state index contributed by atoms with van der Waals surface area (Å²) in [5.74, 6) is 0.913. The van der Waals surface area contributed by atoms with Crippen LogP contribution < -0.4 is 5.32 Å². The molecule has 1 fully saturated rings. The molecule has 16 heavy (non-hydrogen) atoms. The molecular weight excluding hydrogens is 198 g/mol. The van der Waals surface area contributed by atoms with Crippen molar-refractivity contribution in [2.24, 2.45) is 5.92 Å². The molecule has 0 radical (unpaired) electrons. The van der Waals surface area contributed by atoms with Crippen molar-refractivity contribution in [2.45, 2.75) is 58.5 Å². The lowest BCUT2D eigenvalue weighted by Gasteiger charge is -2.27. The Labute approximate surface area is 98.2 Å². The molecule has 1 aromatic heterocycles. The van der Waals surface area contributed by atoms with Gasteiger partial charge in [0.05, 0.1) is 11.9 Å². The van der Waals surface area contributed by atoms with Gasteiger partial charge >= 0.3 is 0 Å². The Morgan fingerprint density at radius 1 is 1.31 bits per heavy atom. The summed E-state index contributed by atoms with van der Waals surface area (Å²) in [5.41, 5.74) is 1.17. The van der Waals surface area contributed by atoms with Gasteiger partial charge in [0.1, 0.15) is 0 Å². The first-order valence-corrected chi connectivity index (χ1v) is 6.46. The first-order chi connectivity index (χ1) is 7.65. The maximum absolute atomic E-state index is 4.35. The third-order valence-corrected chi connectivity index (χ3v) is 3.52. The predicted molar refractivity (Wildman–Crippen MR) is 67.7 cm³/mol. The van der Waals surface area contributed by atoms with Crippen LogP contribution in [0.3, 0.4) is 0 Å². The van der Waals surface area contributed by atoms with Crippen molar-refractivity contribution in [3.05, 3.63) is 12.4 Å². The molecule has 0 aromatic carbocycles. The predicted octanol–water partition coefficient (Wildman–Crippen LogP) is 3.45. The molecule has 0 unspecified atom stereocenters. The number of nitrogens with one attached hydrogen (secondary N) is 1. The highest BCUT2D eigenvalue weighted by Gasteiger charge is 2.18. The molecule has 1 N–H and O–H groups in total. The topological polar surface area (TPSA) is 29.9 Å². The molecule has 0 aliphatic heterocycles. The molecule has 0 bridgehead atoms. The molecule has 0 spiro atoms. The fourth-order valence-corrected chi connectivity index (χ4v) is 2.34. The molecule has 1 aliphatic rings. The highest BCUT2D eigenvalue weighted by Crippen LogP contribution is 2.26. The van der Waals surface area contributed by atoms with E-state index in [1.54, 1.807) is 0 Å². The zero-order valence-corrected chi connectivity index (χ0v) is 10.6. The van der Waals surface area contributed by atoms with Gasteiger partial charge in [-0.2, -0.15) is 5.10 Å². The summed E-state index contributed by atoms with van der Waals surface area (Å²) in [4.78, 5) is 0. The van der Waals surface area contributed by atoms with Crippen molar-refractivity contribution < 1.29 is 0 Å². The average Bonchev–Trinajstić information content (AvgIpc) is 2.70. The Kier molecular flexibility index (Phi) is 3.52. The monoisotopic (exact) mass is 221 g/mol. The van der Waals surface area contributed by atoms with E-state index in [-0.39, 0.29) is 0 Å². The fraction of sp³-hybridized carbons (Fsp3) is 0.769. The van der Waals surface area contributed by atoms with Crippen LogP contribution in [-0.4, -0.2) is 15.8 Å². The maximum Gasteiger partial charge on any atom is 0.0728 e.